The predicted molar refractivity (Wildman–Crippen MR) is 68.3 cm³/mol. The molecule has 0 saturated heterocycles. The Bertz CT molecular complexity index is 397. The zero-order chi connectivity index (χ0) is 11.3. The van der Waals surface area contributed by atoms with Crippen LogP contribution in [0, 0.1) is 0 Å². The van der Waals surface area contributed by atoms with Crippen molar-refractivity contribution in [1.82, 2.24) is 0 Å². The third-order valence-corrected chi connectivity index (χ3v) is 4.89. The van der Waals surface area contributed by atoms with Gasteiger partial charge < -0.3 is 5.73 Å². The van der Waals surface area contributed by atoms with E-state index < -0.39 is 0 Å². The Morgan fingerprint density at radius 2 is 2.00 bits per heavy atom. The van der Waals surface area contributed by atoms with E-state index in [2.05, 4.69) is 41.9 Å². The van der Waals surface area contributed by atoms with Crippen molar-refractivity contribution >= 4 is 27.5 Å². The molecule has 1 saturated carbocycles. The smallest absolute Gasteiger partial charge is 0.0548 e. The summed E-state index contributed by atoms with van der Waals surface area (Å²) in [5.41, 5.74) is 7.53. The molecule has 0 spiro atoms. The van der Waals surface area contributed by atoms with Crippen molar-refractivity contribution in [3.05, 3.63) is 33.3 Å². The summed E-state index contributed by atoms with van der Waals surface area (Å²) >= 11 is 9.44. The van der Waals surface area contributed by atoms with E-state index in [9.17, 15) is 0 Å². The monoisotopic (exact) mass is 287 g/mol. The molecule has 1 nitrogen and oxygen atoms in total. The molecule has 0 atom stereocenters. The molecule has 1 aliphatic carbocycles. The van der Waals surface area contributed by atoms with Crippen molar-refractivity contribution in [3.8, 4) is 0 Å². The fourth-order valence-electron chi connectivity index (χ4n) is 1.93. The molecule has 82 valence electrons. The van der Waals surface area contributed by atoms with Crippen molar-refractivity contribution < 1.29 is 0 Å². The SMILES string of the molecule is CC(C)(c1ccc(Cl)c(Br)c1)C1(N)CC1. The fraction of sp³-hybridized carbons (Fsp3) is 0.500. The van der Waals surface area contributed by atoms with Gasteiger partial charge in [-0.1, -0.05) is 31.5 Å². The largest absolute Gasteiger partial charge is 0.324 e. The van der Waals surface area contributed by atoms with Crippen LogP contribution in [0.1, 0.15) is 32.3 Å². The van der Waals surface area contributed by atoms with Crippen LogP contribution in [-0.2, 0) is 5.41 Å². The third-order valence-electron chi connectivity index (χ3n) is 3.67. The minimum Gasteiger partial charge on any atom is -0.324 e. The van der Waals surface area contributed by atoms with E-state index in [1.807, 2.05) is 6.07 Å². The highest BCUT2D eigenvalue weighted by Crippen LogP contribution is 2.49. The Balaban J connectivity index is 2.41. The molecule has 1 aromatic rings. The van der Waals surface area contributed by atoms with Crippen molar-refractivity contribution in [2.24, 2.45) is 5.73 Å². The third kappa shape index (κ3) is 1.83. The molecule has 2 N–H and O–H groups in total. The number of rotatable bonds is 2. The first kappa shape index (κ1) is 11.4. The lowest BCUT2D eigenvalue weighted by Crippen LogP contribution is -2.43. The maximum absolute atomic E-state index is 6.30. The second kappa shape index (κ2) is 3.47. The molecule has 0 aliphatic heterocycles. The Labute approximate surface area is 104 Å². The molecular formula is C12H15BrClN. The van der Waals surface area contributed by atoms with Crippen LogP contribution in [0.5, 0.6) is 0 Å². The quantitative estimate of drug-likeness (QED) is 0.878. The highest BCUT2D eigenvalue weighted by Gasteiger charge is 2.51. The molecule has 0 bridgehead atoms. The van der Waals surface area contributed by atoms with Crippen LogP contribution in [0.25, 0.3) is 0 Å². The molecule has 1 aliphatic rings. The molecule has 15 heavy (non-hydrogen) atoms. The number of hydrogen-bond acceptors (Lipinski definition) is 1. The average molecular weight is 289 g/mol. The first-order valence-corrected chi connectivity index (χ1v) is 6.28. The number of halogens is 2. The Morgan fingerprint density at radius 1 is 1.40 bits per heavy atom. The van der Waals surface area contributed by atoms with Crippen molar-refractivity contribution in [2.75, 3.05) is 0 Å². The van der Waals surface area contributed by atoms with Crippen LogP contribution in [-0.4, -0.2) is 5.54 Å². The summed E-state index contributed by atoms with van der Waals surface area (Å²) in [7, 11) is 0. The summed E-state index contributed by atoms with van der Waals surface area (Å²) in [6.45, 7) is 4.41. The summed E-state index contributed by atoms with van der Waals surface area (Å²) in [6, 6.07) is 6.07. The molecule has 0 heterocycles. The van der Waals surface area contributed by atoms with Gasteiger partial charge in [-0.05, 0) is 46.5 Å². The second-order valence-corrected chi connectivity index (χ2v) is 6.17. The topological polar surface area (TPSA) is 26.0 Å². The molecule has 3 heteroatoms. The molecule has 0 radical (unpaired) electrons. The Hall–Kier alpha value is -0.0500. The molecule has 0 amide bonds. The summed E-state index contributed by atoms with van der Waals surface area (Å²) in [6.07, 6.45) is 2.22. The summed E-state index contributed by atoms with van der Waals surface area (Å²) in [4.78, 5) is 0. The average Bonchev–Trinajstić information content (AvgIpc) is 2.90. The normalized spacial score (nSPS) is 19.0. The Morgan fingerprint density at radius 3 is 2.47 bits per heavy atom. The zero-order valence-electron chi connectivity index (χ0n) is 8.98. The molecule has 0 unspecified atom stereocenters. The van der Waals surface area contributed by atoms with E-state index in [4.69, 9.17) is 17.3 Å². The van der Waals surface area contributed by atoms with Gasteiger partial charge in [0.2, 0.25) is 0 Å². The number of benzene rings is 1. The van der Waals surface area contributed by atoms with Gasteiger partial charge in [-0.15, -0.1) is 0 Å². The Kier molecular flexibility index (Phi) is 2.65. The van der Waals surface area contributed by atoms with Crippen LogP contribution in [0.3, 0.4) is 0 Å². The highest BCUT2D eigenvalue weighted by molar-refractivity contribution is 9.10. The lowest BCUT2D eigenvalue weighted by atomic mass is 9.76. The van der Waals surface area contributed by atoms with E-state index in [0.29, 0.717) is 0 Å². The highest BCUT2D eigenvalue weighted by atomic mass is 79.9. The summed E-state index contributed by atoms with van der Waals surface area (Å²) < 4.78 is 0.944. The van der Waals surface area contributed by atoms with Gasteiger partial charge in [0.25, 0.3) is 0 Å². The maximum atomic E-state index is 6.30. The van der Waals surface area contributed by atoms with Crippen LogP contribution < -0.4 is 5.73 Å². The van der Waals surface area contributed by atoms with Gasteiger partial charge in [-0.25, -0.2) is 0 Å². The van der Waals surface area contributed by atoms with Gasteiger partial charge in [-0.3, -0.25) is 0 Å². The number of hydrogen-bond donors (Lipinski definition) is 1. The first-order valence-electron chi connectivity index (χ1n) is 5.11. The van der Waals surface area contributed by atoms with E-state index in [-0.39, 0.29) is 11.0 Å². The molecule has 0 aromatic heterocycles. The van der Waals surface area contributed by atoms with Gasteiger partial charge in [0, 0.05) is 15.4 Å². The summed E-state index contributed by atoms with van der Waals surface area (Å²) in [5, 5.41) is 0.747. The van der Waals surface area contributed by atoms with Crippen molar-refractivity contribution in [2.45, 2.75) is 37.6 Å². The number of nitrogens with two attached hydrogens (primary N) is 1. The lowest BCUT2D eigenvalue weighted by Gasteiger charge is -2.32. The molecular weight excluding hydrogens is 273 g/mol. The van der Waals surface area contributed by atoms with Gasteiger partial charge in [0.1, 0.15) is 0 Å². The standard InChI is InChI=1S/C12H15BrClN/c1-11(2,12(15)5-6-12)8-3-4-10(14)9(13)7-8/h3-4,7H,5-6,15H2,1-2H3. The zero-order valence-corrected chi connectivity index (χ0v) is 11.3. The van der Waals surface area contributed by atoms with Crippen LogP contribution in [0.2, 0.25) is 5.02 Å². The fourth-order valence-corrected chi connectivity index (χ4v) is 2.43. The van der Waals surface area contributed by atoms with Gasteiger partial charge in [-0.2, -0.15) is 0 Å². The maximum Gasteiger partial charge on any atom is 0.0548 e. The second-order valence-electron chi connectivity index (χ2n) is 4.91. The van der Waals surface area contributed by atoms with Gasteiger partial charge >= 0.3 is 0 Å². The van der Waals surface area contributed by atoms with Gasteiger partial charge in [0.15, 0.2) is 0 Å². The minimum absolute atomic E-state index is 0.0140. The molecule has 1 aromatic carbocycles. The van der Waals surface area contributed by atoms with E-state index >= 15 is 0 Å². The lowest BCUT2D eigenvalue weighted by molar-refractivity contribution is 0.391. The van der Waals surface area contributed by atoms with E-state index in [1.54, 1.807) is 0 Å². The van der Waals surface area contributed by atoms with E-state index in [1.165, 1.54) is 5.56 Å². The molecule has 1 fully saturated rings. The minimum atomic E-state index is -0.0275. The van der Waals surface area contributed by atoms with E-state index in [0.717, 1.165) is 22.3 Å². The van der Waals surface area contributed by atoms with Crippen LogP contribution in [0.4, 0.5) is 0 Å². The van der Waals surface area contributed by atoms with Gasteiger partial charge in [0.05, 0.1) is 5.02 Å². The molecule has 2 rings (SSSR count). The summed E-state index contributed by atoms with van der Waals surface area (Å²) in [5.74, 6) is 0. The van der Waals surface area contributed by atoms with Crippen LogP contribution >= 0.6 is 27.5 Å². The first-order chi connectivity index (χ1) is 6.87. The van der Waals surface area contributed by atoms with Crippen molar-refractivity contribution in [3.63, 3.8) is 0 Å². The predicted octanol–water partition coefficient (Wildman–Crippen LogP) is 3.87. The van der Waals surface area contributed by atoms with Crippen molar-refractivity contribution in [1.29, 1.82) is 0 Å². The van der Waals surface area contributed by atoms with Crippen LogP contribution in [0.15, 0.2) is 22.7 Å².